The molecule has 0 aliphatic heterocycles. The van der Waals surface area contributed by atoms with Crippen LogP contribution in [0.4, 0.5) is 22.0 Å². The highest BCUT2D eigenvalue weighted by Crippen LogP contribution is 2.29. The van der Waals surface area contributed by atoms with Gasteiger partial charge in [0.2, 0.25) is 29.1 Å². The van der Waals surface area contributed by atoms with Crippen molar-refractivity contribution in [3.63, 3.8) is 0 Å². The number of unbranched alkanes of at least 4 members (excludes halogenated alkanes) is 7. The highest BCUT2D eigenvalue weighted by atomic mass is 19.2. The minimum absolute atomic E-state index is 0.132. The molecule has 1 aromatic rings. The summed E-state index contributed by atoms with van der Waals surface area (Å²) in [5.74, 6) is -12.8. The van der Waals surface area contributed by atoms with E-state index in [1.807, 2.05) is 0 Å². The molecule has 33 heavy (non-hydrogen) atoms. The molecule has 1 rings (SSSR count). The maximum atomic E-state index is 13.4. The normalized spacial score (nSPS) is 10.8. The third kappa shape index (κ3) is 10.9. The SMILES string of the molecule is CCCCCOC(=O)CCCCCCCCC(=O)OCCOc1c(F)c(F)c(F)c(F)c1F. The Labute approximate surface area is 190 Å². The standard InChI is InChI=1S/C23H31F5O5/c1-2-3-10-13-31-16(29)11-8-6-4-5-7-9-12-17(30)32-14-15-33-23-21(27)19(25)18(24)20(26)22(23)28/h2-15H2,1H3. The zero-order valence-corrected chi connectivity index (χ0v) is 18.8. The van der Waals surface area contributed by atoms with Crippen molar-refractivity contribution in [2.45, 2.75) is 77.6 Å². The van der Waals surface area contributed by atoms with Crippen LogP contribution in [0.15, 0.2) is 0 Å². The lowest BCUT2D eigenvalue weighted by molar-refractivity contribution is -0.145. The van der Waals surface area contributed by atoms with E-state index in [1.54, 1.807) is 0 Å². The molecule has 0 saturated heterocycles. The van der Waals surface area contributed by atoms with Crippen molar-refractivity contribution in [1.29, 1.82) is 0 Å². The first-order chi connectivity index (χ1) is 15.8. The lowest BCUT2D eigenvalue weighted by Gasteiger charge is -2.10. The molecule has 0 fully saturated rings. The van der Waals surface area contributed by atoms with Gasteiger partial charge in [0.05, 0.1) is 6.61 Å². The van der Waals surface area contributed by atoms with E-state index in [2.05, 4.69) is 11.7 Å². The van der Waals surface area contributed by atoms with Gasteiger partial charge in [0.1, 0.15) is 13.2 Å². The molecule has 0 aromatic heterocycles. The van der Waals surface area contributed by atoms with E-state index in [0.29, 0.717) is 19.4 Å². The molecule has 0 spiro atoms. The molecule has 0 heterocycles. The van der Waals surface area contributed by atoms with E-state index in [4.69, 9.17) is 9.47 Å². The van der Waals surface area contributed by atoms with Crippen molar-refractivity contribution in [2.24, 2.45) is 0 Å². The number of carbonyl (C=O) groups is 2. The van der Waals surface area contributed by atoms with Crippen LogP contribution < -0.4 is 4.74 Å². The maximum absolute atomic E-state index is 13.4. The fraction of sp³-hybridized carbons (Fsp3) is 0.652. The Morgan fingerprint density at radius 1 is 0.576 bits per heavy atom. The van der Waals surface area contributed by atoms with Gasteiger partial charge in [-0.05, 0) is 19.3 Å². The minimum Gasteiger partial charge on any atom is -0.484 e. The highest BCUT2D eigenvalue weighted by molar-refractivity contribution is 5.69. The van der Waals surface area contributed by atoms with Crippen molar-refractivity contribution in [3.05, 3.63) is 29.1 Å². The van der Waals surface area contributed by atoms with Crippen molar-refractivity contribution in [3.8, 4) is 5.75 Å². The van der Waals surface area contributed by atoms with Gasteiger partial charge in [-0.25, -0.2) is 13.2 Å². The van der Waals surface area contributed by atoms with Crippen LogP contribution in [0.25, 0.3) is 0 Å². The number of esters is 2. The molecule has 0 saturated carbocycles. The molecule has 1 aromatic carbocycles. The van der Waals surface area contributed by atoms with E-state index in [1.165, 1.54) is 0 Å². The summed E-state index contributed by atoms with van der Waals surface area (Å²) < 4.78 is 80.5. The highest BCUT2D eigenvalue weighted by Gasteiger charge is 2.27. The van der Waals surface area contributed by atoms with Gasteiger partial charge < -0.3 is 14.2 Å². The number of benzene rings is 1. The maximum Gasteiger partial charge on any atom is 0.305 e. The summed E-state index contributed by atoms with van der Waals surface area (Å²) in [5, 5.41) is 0. The summed E-state index contributed by atoms with van der Waals surface area (Å²) in [5.41, 5.74) is 0. The summed E-state index contributed by atoms with van der Waals surface area (Å²) in [6.07, 6.45) is 8.40. The molecule has 0 atom stereocenters. The fourth-order valence-electron chi connectivity index (χ4n) is 2.94. The Morgan fingerprint density at radius 3 is 1.55 bits per heavy atom. The van der Waals surface area contributed by atoms with Gasteiger partial charge in [-0.1, -0.05) is 45.4 Å². The predicted octanol–water partition coefficient (Wildman–Crippen LogP) is 6.16. The van der Waals surface area contributed by atoms with Gasteiger partial charge in [0.25, 0.3) is 0 Å². The Bertz CT molecular complexity index is 728. The summed E-state index contributed by atoms with van der Waals surface area (Å²) in [7, 11) is 0. The van der Waals surface area contributed by atoms with Gasteiger partial charge in [0, 0.05) is 12.8 Å². The minimum atomic E-state index is -2.27. The van der Waals surface area contributed by atoms with Crippen LogP contribution in [-0.4, -0.2) is 31.8 Å². The average Bonchev–Trinajstić information content (AvgIpc) is 2.80. The lowest BCUT2D eigenvalue weighted by Crippen LogP contribution is -2.14. The van der Waals surface area contributed by atoms with Crippen LogP contribution in [0, 0.1) is 29.1 Å². The van der Waals surface area contributed by atoms with Crippen molar-refractivity contribution >= 4 is 11.9 Å². The van der Waals surface area contributed by atoms with Crippen LogP contribution in [-0.2, 0) is 19.1 Å². The number of ether oxygens (including phenoxy) is 3. The number of rotatable bonds is 17. The zero-order valence-electron chi connectivity index (χ0n) is 18.8. The van der Waals surface area contributed by atoms with E-state index < -0.39 is 54.0 Å². The second-order valence-electron chi connectivity index (χ2n) is 7.52. The predicted molar refractivity (Wildman–Crippen MR) is 110 cm³/mol. The van der Waals surface area contributed by atoms with Crippen LogP contribution in [0.2, 0.25) is 0 Å². The molecule has 0 unspecified atom stereocenters. The van der Waals surface area contributed by atoms with E-state index >= 15 is 0 Å². The first kappa shape index (κ1) is 28.6. The quantitative estimate of drug-likeness (QED) is 0.0875. The van der Waals surface area contributed by atoms with Crippen molar-refractivity contribution in [2.75, 3.05) is 19.8 Å². The molecule has 0 radical (unpaired) electrons. The molecular formula is C23H31F5O5. The van der Waals surface area contributed by atoms with Gasteiger partial charge in [-0.3, -0.25) is 9.59 Å². The third-order valence-corrected chi connectivity index (χ3v) is 4.79. The van der Waals surface area contributed by atoms with Crippen molar-refractivity contribution < 1.29 is 45.8 Å². The number of carbonyl (C=O) groups excluding carboxylic acids is 2. The Kier molecular flexibility index (Phi) is 14.1. The van der Waals surface area contributed by atoms with Crippen molar-refractivity contribution in [1.82, 2.24) is 0 Å². The second-order valence-corrected chi connectivity index (χ2v) is 7.52. The molecule has 0 N–H and O–H groups in total. The largest absolute Gasteiger partial charge is 0.484 e. The summed E-state index contributed by atoms with van der Waals surface area (Å²) in [6.45, 7) is 1.60. The van der Waals surface area contributed by atoms with E-state index in [9.17, 15) is 31.5 Å². The first-order valence-electron chi connectivity index (χ1n) is 11.2. The van der Waals surface area contributed by atoms with Gasteiger partial charge in [-0.2, -0.15) is 8.78 Å². The second kappa shape index (κ2) is 16.3. The topological polar surface area (TPSA) is 61.8 Å². The van der Waals surface area contributed by atoms with Crippen LogP contribution >= 0.6 is 0 Å². The molecule has 0 amide bonds. The number of hydrogen-bond donors (Lipinski definition) is 0. The van der Waals surface area contributed by atoms with Crippen LogP contribution in [0.3, 0.4) is 0 Å². The molecule has 10 heteroatoms. The average molecular weight is 482 g/mol. The third-order valence-electron chi connectivity index (χ3n) is 4.79. The van der Waals surface area contributed by atoms with Gasteiger partial charge >= 0.3 is 11.9 Å². The Balaban J connectivity index is 2.06. The van der Waals surface area contributed by atoms with Crippen LogP contribution in [0.1, 0.15) is 77.6 Å². The molecule has 5 nitrogen and oxygen atoms in total. The molecule has 0 aliphatic rings. The molecule has 0 bridgehead atoms. The molecule has 0 aliphatic carbocycles. The van der Waals surface area contributed by atoms with Gasteiger partial charge in [-0.15, -0.1) is 0 Å². The van der Waals surface area contributed by atoms with Crippen LogP contribution in [0.5, 0.6) is 5.75 Å². The lowest BCUT2D eigenvalue weighted by atomic mass is 10.1. The fourth-order valence-corrected chi connectivity index (χ4v) is 2.94. The van der Waals surface area contributed by atoms with E-state index in [-0.39, 0.29) is 12.4 Å². The Hall–Kier alpha value is -2.39. The van der Waals surface area contributed by atoms with Gasteiger partial charge in [0.15, 0.2) is 5.75 Å². The summed E-state index contributed by atoms with van der Waals surface area (Å²) >= 11 is 0. The Morgan fingerprint density at radius 2 is 1.03 bits per heavy atom. The molecule has 188 valence electrons. The molecular weight excluding hydrogens is 451 g/mol. The number of halogens is 5. The smallest absolute Gasteiger partial charge is 0.305 e. The number of hydrogen-bond acceptors (Lipinski definition) is 5. The zero-order chi connectivity index (χ0) is 24.6. The monoisotopic (exact) mass is 482 g/mol. The first-order valence-corrected chi connectivity index (χ1v) is 11.2. The summed E-state index contributed by atoms with van der Waals surface area (Å²) in [6, 6.07) is 0. The van der Waals surface area contributed by atoms with E-state index in [0.717, 1.165) is 51.4 Å². The summed E-state index contributed by atoms with van der Waals surface area (Å²) in [4.78, 5) is 23.1.